The van der Waals surface area contributed by atoms with Crippen LogP contribution >= 0.6 is 0 Å². The molecule has 0 bridgehead atoms. The number of aliphatic imine (C=N–C) groups is 1. The Hall–Kier alpha value is -1.62. The lowest BCUT2D eigenvalue weighted by Gasteiger charge is -2.29. The summed E-state index contributed by atoms with van der Waals surface area (Å²) in [5.41, 5.74) is 1.02. The molecule has 5 nitrogen and oxygen atoms in total. The van der Waals surface area contributed by atoms with Crippen molar-refractivity contribution in [2.24, 2.45) is 10.9 Å². The molecule has 116 valence electrons. The van der Waals surface area contributed by atoms with E-state index in [1.807, 2.05) is 31.4 Å². The van der Waals surface area contributed by atoms with Crippen molar-refractivity contribution in [1.29, 1.82) is 0 Å². The summed E-state index contributed by atoms with van der Waals surface area (Å²) >= 11 is 0. The van der Waals surface area contributed by atoms with Crippen LogP contribution < -0.4 is 10.6 Å². The third kappa shape index (κ3) is 5.71. The third-order valence-corrected chi connectivity index (χ3v) is 4.07. The second-order valence-corrected chi connectivity index (χ2v) is 5.71. The average molecular weight is 289 g/mol. The molecule has 21 heavy (non-hydrogen) atoms. The van der Waals surface area contributed by atoms with Crippen molar-refractivity contribution in [3.05, 3.63) is 30.1 Å². The van der Waals surface area contributed by atoms with Crippen LogP contribution in [0.15, 0.2) is 29.4 Å². The first-order valence-corrected chi connectivity index (χ1v) is 7.81. The summed E-state index contributed by atoms with van der Waals surface area (Å²) in [5, 5.41) is 6.69. The SMILES string of the molecule is CN=C(NCCC1CCN(C)CC1)NCc1ccccn1. The molecular formula is C16H27N5. The van der Waals surface area contributed by atoms with E-state index in [-0.39, 0.29) is 0 Å². The van der Waals surface area contributed by atoms with Gasteiger partial charge in [0, 0.05) is 19.8 Å². The Morgan fingerprint density at radius 3 is 2.81 bits per heavy atom. The van der Waals surface area contributed by atoms with Crippen LogP contribution in [0.1, 0.15) is 25.0 Å². The van der Waals surface area contributed by atoms with Gasteiger partial charge in [0.2, 0.25) is 0 Å². The first kappa shape index (κ1) is 15.8. The summed E-state index contributed by atoms with van der Waals surface area (Å²) in [4.78, 5) is 11.0. The van der Waals surface area contributed by atoms with Gasteiger partial charge in [0.05, 0.1) is 12.2 Å². The number of rotatable bonds is 5. The summed E-state index contributed by atoms with van der Waals surface area (Å²) < 4.78 is 0. The Labute approximate surface area is 127 Å². The smallest absolute Gasteiger partial charge is 0.191 e. The van der Waals surface area contributed by atoms with Crippen LogP contribution in [0.25, 0.3) is 0 Å². The zero-order valence-electron chi connectivity index (χ0n) is 13.2. The van der Waals surface area contributed by atoms with Gasteiger partial charge in [-0.05, 0) is 57.5 Å². The normalized spacial score (nSPS) is 17.7. The highest BCUT2D eigenvalue weighted by atomic mass is 15.2. The van der Waals surface area contributed by atoms with Gasteiger partial charge in [-0.2, -0.15) is 0 Å². The molecule has 0 unspecified atom stereocenters. The van der Waals surface area contributed by atoms with Crippen LogP contribution in [0.2, 0.25) is 0 Å². The van der Waals surface area contributed by atoms with E-state index in [0.29, 0.717) is 6.54 Å². The Morgan fingerprint density at radius 1 is 1.33 bits per heavy atom. The van der Waals surface area contributed by atoms with Crippen LogP contribution in [0.5, 0.6) is 0 Å². The van der Waals surface area contributed by atoms with Gasteiger partial charge in [-0.15, -0.1) is 0 Å². The summed E-state index contributed by atoms with van der Waals surface area (Å²) in [6, 6.07) is 5.94. The van der Waals surface area contributed by atoms with E-state index in [2.05, 4.69) is 32.6 Å². The molecule has 0 radical (unpaired) electrons. The number of nitrogens with one attached hydrogen (secondary N) is 2. The van der Waals surface area contributed by atoms with Crippen molar-refractivity contribution in [3.8, 4) is 0 Å². The van der Waals surface area contributed by atoms with Crippen molar-refractivity contribution in [2.75, 3.05) is 33.7 Å². The minimum Gasteiger partial charge on any atom is -0.356 e. The molecule has 2 rings (SSSR count). The lowest BCUT2D eigenvalue weighted by Crippen LogP contribution is -2.38. The third-order valence-electron chi connectivity index (χ3n) is 4.07. The Morgan fingerprint density at radius 2 is 2.14 bits per heavy atom. The maximum absolute atomic E-state index is 4.30. The highest BCUT2D eigenvalue weighted by Crippen LogP contribution is 2.18. The highest BCUT2D eigenvalue weighted by Gasteiger charge is 2.16. The van der Waals surface area contributed by atoms with Crippen LogP contribution in [0, 0.1) is 5.92 Å². The summed E-state index contributed by atoms with van der Waals surface area (Å²) in [7, 11) is 4.02. The minimum absolute atomic E-state index is 0.703. The minimum atomic E-state index is 0.703. The van der Waals surface area contributed by atoms with Gasteiger partial charge in [0.25, 0.3) is 0 Å². The van der Waals surface area contributed by atoms with E-state index in [4.69, 9.17) is 0 Å². The Balaban J connectivity index is 1.64. The van der Waals surface area contributed by atoms with E-state index >= 15 is 0 Å². The molecule has 0 amide bonds. The predicted molar refractivity (Wildman–Crippen MR) is 87.3 cm³/mol. The lowest BCUT2D eigenvalue weighted by atomic mass is 9.94. The van der Waals surface area contributed by atoms with E-state index < -0.39 is 0 Å². The van der Waals surface area contributed by atoms with Gasteiger partial charge in [-0.3, -0.25) is 9.98 Å². The number of aromatic nitrogens is 1. The molecule has 1 saturated heterocycles. The van der Waals surface area contributed by atoms with E-state index in [1.165, 1.54) is 32.4 Å². The first-order valence-electron chi connectivity index (χ1n) is 7.81. The maximum Gasteiger partial charge on any atom is 0.191 e. The van der Waals surface area contributed by atoms with Gasteiger partial charge < -0.3 is 15.5 Å². The first-order chi connectivity index (χ1) is 10.3. The van der Waals surface area contributed by atoms with Crippen LogP contribution in [-0.4, -0.2) is 49.6 Å². The summed E-state index contributed by atoms with van der Waals surface area (Å²) in [5.74, 6) is 1.70. The molecule has 0 spiro atoms. The molecule has 0 saturated carbocycles. The van der Waals surface area contributed by atoms with Gasteiger partial charge >= 0.3 is 0 Å². The second kappa shape index (κ2) is 8.62. The quantitative estimate of drug-likeness (QED) is 0.637. The average Bonchev–Trinajstić information content (AvgIpc) is 2.53. The van der Waals surface area contributed by atoms with Gasteiger partial charge in [0.15, 0.2) is 5.96 Å². The number of hydrogen-bond donors (Lipinski definition) is 2. The number of piperidine rings is 1. The fraction of sp³-hybridized carbons (Fsp3) is 0.625. The van der Waals surface area contributed by atoms with E-state index in [0.717, 1.165) is 24.1 Å². The molecular weight excluding hydrogens is 262 g/mol. The number of nitrogens with zero attached hydrogens (tertiary/aromatic N) is 3. The van der Waals surface area contributed by atoms with Crippen LogP contribution in [-0.2, 0) is 6.54 Å². The molecule has 1 aromatic rings. The molecule has 1 aliphatic rings. The molecule has 1 aromatic heterocycles. The van der Waals surface area contributed by atoms with Gasteiger partial charge in [-0.1, -0.05) is 6.07 Å². The zero-order chi connectivity index (χ0) is 14.9. The van der Waals surface area contributed by atoms with Crippen LogP contribution in [0.3, 0.4) is 0 Å². The predicted octanol–water partition coefficient (Wildman–Crippen LogP) is 1.48. The number of guanidine groups is 1. The van der Waals surface area contributed by atoms with Gasteiger partial charge in [0.1, 0.15) is 0 Å². The number of likely N-dealkylation sites (tertiary alicyclic amines) is 1. The van der Waals surface area contributed by atoms with Crippen molar-refractivity contribution < 1.29 is 0 Å². The maximum atomic E-state index is 4.30. The standard InChI is InChI=1S/C16H27N5/c1-17-16(20-13-15-5-3-4-9-18-15)19-10-6-14-7-11-21(2)12-8-14/h3-5,9,14H,6-8,10-13H2,1-2H3,(H2,17,19,20). The fourth-order valence-electron chi connectivity index (χ4n) is 2.64. The highest BCUT2D eigenvalue weighted by molar-refractivity contribution is 5.79. The monoisotopic (exact) mass is 289 g/mol. The summed E-state index contributed by atoms with van der Waals surface area (Å²) in [6.07, 6.45) is 5.67. The second-order valence-electron chi connectivity index (χ2n) is 5.71. The Kier molecular flexibility index (Phi) is 6.47. The fourth-order valence-corrected chi connectivity index (χ4v) is 2.64. The lowest BCUT2D eigenvalue weighted by molar-refractivity contribution is 0.213. The number of hydrogen-bond acceptors (Lipinski definition) is 3. The number of pyridine rings is 1. The van der Waals surface area contributed by atoms with Crippen molar-refractivity contribution in [1.82, 2.24) is 20.5 Å². The van der Waals surface area contributed by atoms with E-state index in [9.17, 15) is 0 Å². The molecule has 2 heterocycles. The van der Waals surface area contributed by atoms with Crippen molar-refractivity contribution >= 4 is 5.96 Å². The van der Waals surface area contributed by atoms with E-state index in [1.54, 1.807) is 0 Å². The topological polar surface area (TPSA) is 52.6 Å². The van der Waals surface area contributed by atoms with Crippen molar-refractivity contribution in [3.63, 3.8) is 0 Å². The van der Waals surface area contributed by atoms with Gasteiger partial charge in [-0.25, -0.2) is 0 Å². The zero-order valence-corrected chi connectivity index (χ0v) is 13.2. The molecule has 1 aliphatic heterocycles. The molecule has 2 N–H and O–H groups in total. The molecule has 5 heteroatoms. The molecule has 0 atom stereocenters. The molecule has 0 aromatic carbocycles. The largest absolute Gasteiger partial charge is 0.356 e. The van der Waals surface area contributed by atoms with Crippen LogP contribution in [0.4, 0.5) is 0 Å². The molecule has 0 aliphatic carbocycles. The summed E-state index contributed by atoms with van der Waals surface area (Å²) in [6.45, 7) is 4.15. The Bertz CT molecular complexity index is 424. The molecule has 1 fully saturated rings. The van der Waals surface area contributed by atoms with Crippen molar-refractivity contribution in [2.45, 2.75) is 25.8 Å².